The van der Waals surface area contributed by atoms with E-state index >= 15 is 0 Å². The van der Waals surface area contributed by atoms with Crippen molar-refractivity contribution in [2.24, 2.45) is 0 Å². The fourth-order valence-corrected chi connectivity index (χ4v) is 2.48. The van der Waals surface area contributed by atoms with Gasteiger partial charge in [0, 0.05) is 12.8 Å². The Labute approximate surface area is 117 Å². The highest BCUT2D eigenvalue weighted by Gasteiger charge is 2.28. The van der Waals surface area contributed by atoms with Crippen LogP contribution in [0.2, 0.25) is 0 Å². The van der Waals surface area contributed by atoms with Crippen LogP contribution in [0.4, 0.5) is 5.69 Å². The summed E-state index contributed by atoms with van der Waals surface area (Å²) in [4.78, 5) is 15.9. The lowest BCUT2D eigenvalue weighted by Crippen LogP contribution is -2.53. The summed E-state index contributed by atoms with van der Waals surface area (Å²) in [6, 6.07) is 2.44. The van der Waals surface area contributed by atoms with Gasteiger partial charge in [-0.05, 0) is 19.1 Å². The first-order valence-corrected chi connectivity index (χ1v) is 8.09. The molecule has 1 aromatic rings. The van der Waals surface area contributed by atoms with E-state index in [0.29, 0.717) is 18.8 Å². The minimum absolute atomic E-state index is 0.0250. The maximum Gasteiger partial charge on any atom is 0.244 e. The zero-order valence-electron chi connectivity index (χ0n) is 11.3. The SMILES string of the molecule is C[C@H]1OCCN[C@@H]1C(=O)Nc1ccc(S(C)(=O)=O)nc1. The second-order valence-electron chi connectivity index (χ2n) is 4.65. The van der Waals surface area contributed by atoms with E-state index in [9.17, 15) is 13.2 Å². The summed E-state index contributed by atoms with van der Waals surface area (Å²) in [5.41, 5.74) is 0.446. The van der Waals surface area contributed by atoms with Crippen molar-refractivity contribution in [2.45, 2.75) is 24.1 Å². The predicted octanol–water partition coefficient (Wildman–Crippen LogP) is -0.199. The molecule has 2 heterocycles. The molecule has 2 atom stereocenters. The van der Waals surface area contributed by atoms with E-state index in [4.69, 9.17) is 4.74 Å². The number of carbonyl (C=O) groups excluding carboxylic acids is 1. The molecule has 8 heteroatoms. The maximum atomic E-state index is 12.1. The molecule has 0 spiro atoms. The zero-order chi connectivity index (χ0) is 14.8. The average molecular weight is 299 g/mol. The second kappa shape index (κ2) is 5.86. The number of carbonyl (C=O) groups is 1. The van der Waals surface area contributed by atoms with Crippen molar-refractivity contribution in [1.82, 2.24) is 10.3 Å². The summed E-state index contributed by atoms with van der Waals surface area (Å²) in [5, 5.41) is 5.73. The molecular weight excluding hydrogens is 282 g/mol. The van der Waals surface area contributed by atoms with Crippen molar-refractivity contribution in [3.63, 3.8) is 0 Å². The van der Waals surface area contributed by atoms with E-state index in [2.05, 4.69) is 15.6 Å². The van der Waals surface area contributed by atoms with Gasteiger partial charge in [-0.2, -0.15) is 0 Å². The zero-order valence-corrected chi connectivity index (χ0v) is 12.1. The van der Waals surface area contributed by atoms with Crippen LogP contribution in [0.3, 0.4) is 0 Å². The molecule has 7 nitrogen and oxygen atoms in total. The van der Waals surface area contributed by atoms with Gasteiger partial charge in [-0.25, -0.2) is 13.4 Å². The fourth-order valence-electron chi connectivity index (χ4n) is 1.92. The average Bonchev–Trinajstić information content (AvgIpc) is 2.38. The van der Waals surface area contributed by atoms with E-state index in [0.717, 1.165) is 6.26 Å². The molecule has 1 aliphatic heterocycles. The molecule has 1 fully saturated rings. The van der Waals surface area contributed by atoms with Gasteiger partial charge < -0.3 is 15.4 Å². The number of rotatable bonds is 3. The molecule has 1 amide bonds. The number of hydrogen-bond donors (Lipinski definition) is 2. The molecule has 0 saturated carbocycles. The summed E-state index contributed by atoms with van der Waals surface area (Å²) >= 11 is 0. The highest BCUT2D eigenvalue weighted by Crippen LogP contribution is 2.12. The Morgan fingerprint density at radius 2 is 2.25 bits per heavy atom. The van der Waals surface area contributed by atoms with Crippen LogP contribution in [0.1, 0.15) is 6.92 Å². The Morgan fingerprint density at radius 3 is 2.80 bits per heavy atom. The highest BCUT2D eigenvalue weighted by atomic mass is 32.2. The minimum Gasteiger partial charge on any atom is -0.375 e. The minimum atomic E-state index is -3.33. The molecule has 1 aliphatic rings. The first-order valence-electron chi connectivity index (χ1n) is 6.20. The Morgan fingerprint density at radius 1 is 1.50 bits per heavy atom. The van der Waals surface area contributed by atoms with Crippen LogP contribution in [0.25, 0.3) is 0 Å². The normalized spacial score (nSPS) is 23.3. The first-order chi connectivity index (χ1) is 9.38. The molecule has 0 unspecified atom stereocenters. The number of aromatic nitrogens is 1. The van der Waals surface area contributed by atoms with Gasteiger partial charge in [-0.15, -0.1) is 0 Å². The van der Waals surface area contributed by atoms with E-state index in [1.54, 1.807) is 0 Å². The monoisotopic (exact) mass is 299 g/mol. The molecule has 0 radical (unpaired) electrons. The van der Waals surface area contributed by atoms with Gasteiger partial charge in [-0.3, -0.25) is 4.79 Å². The quantitative estimate of drug-likeness (QED) is 0.802. The van der Waals surface area contributed by atoms with Gasteiger partial charge in [0.25, 0.3) is 0 Å². The molecule has 1 saturated heterocycles. The van der Waals surface area contributed by atoms with E-state index in [1.165, 1.54) is 18.3 Å². The van der Waals surface area contributed by atoms with Crippen LogP contribution >= 0.6 is 0 Å². The van der Waals surface area contributed by atoms with E-state index < -0.39 is 15.9 Å². The molecule has 0 bridgehead atoms. The Hall–Kier alpha value is -1.51. The van der Waals surface area contributed by atoms with Gasteiger partial charge in [-0.1, -0.05) is 0 Å². The van der Waals surface area contributed by atoms with Crippen molar-refractivity contribution in [3.05, 3.63) is 18.3 Å². The number of nitrogens with one attached hydrogen (secondary N) is 2. The molecule has 2 rings (SSSR count). The van der Waals surface area contributed by atoms with E-state index in [1.807, 2.05) is 6.92 Å². The molecule has 110 valence electrons. The summed E-state index contributed by atoms with van der Waals surface area (Å²) in [6.45, 7) is 3.02. The van der Waals surface area contributed by atoms with Crippen LogP contribution in [-0.2, 0) is 19.4 Å². The number of hydrogen-bond acceptors (Lipinski definition) is 6. The lowest BCUT2D eigenvalue weighted by atomic mass is 10.1. The third-order valence-corrected chi connectivity index (χ3v) is 3.98. The number of amides is 1. The molecular formula is C12H17N3O4S. The van der Waals surface area contributed by atoms with Gasteiger partial charge in [0.05, 0.1) is 24.6 Å². The number of ether oxygens (including phenoxy) is 1. The summed E-state index contributed by atoms with van der Waals surface area (Å²) in [7, 11) is -3.33. The smallest absolute Gasteiger partial charge is 0.244 e. The van der Waals surface area contributed by atoms with Crippen molar-refractivity contribution in [1.29, 1.82) is 0 Å². The predicted molar refractivity (Wildman–Crippen MR) is 73.2 cm³/mol. The van der Waals surface area contributed by atoms with Crippen molar-refractivity contribution < 1.29 is 17.9 Å². The van der Waals surface area contributed by atoms with Gasteiger partial charge in [0.2, 0.25) is 5.91 Å². The van der Waals surface area contributed by atoms with Crippen molar-refractivity contribution in [3.8, 4) is 0 Å². The molecule has 20 heavy (non-hydrogen) atoms. The van der Waals surface area contributed by atoms with Crippen LogP contribution in [0.5, 0.6) is 0 Å². The Bertz CT molecular complexity index is 585. The largest absolute Gasteiger partial charge is 0.375 e. The molecule has 2 N–H and O–H groups in total. The van der Waals surface area contributed by atoms with Crippen molar-refractivity contribution in [2.75, 3.05) is 24.7 Å². The molecule has 0 aliphatic carbocycles. The number of nitrogens with zero attached hydrogens (tertiary/aromatic N) is 1. The maximum absolute atomic E-state index is 12.1. The number of morpholine rings is 1. The Balaban J connectivity index is 2.04. The number of sulfone groups is 1. The van der Waals surface area contributed by atoms with Gasteiger partial charge >= 0.3 is 0 Å². The van der Waals surface area contributed by atoms with Gasteiger partial charge in [0.1, 0.15) is 6.04 Å². The fraction of sp³-hybridized carbons (Fsp3) is 0.500. The summed E-state index contributed by atoms with van der Waals surface area (Å²) in [5.74, 6) is -0.230. The molecule has 0 aromatic carbocycles. The van der Waals surface area contributed by atoms with Crippen molar-refractivity contribution >= 4 is 21.4 Å². The molecule has 1 aromatic heterocycles. The lowest BCUT2D eigenvalue weighted by molar-refractivity contribution is -0.123. The number of pyridine rings is 1. The third-order valence-electron chi connectivity index (χ3n) is 2.98. The number of anilines is 1. The van der Waals surface area contributed by atoms with Gasteiger partial charge in [0.15, 0.2) is 14.9 Å². The standard InChI is InChI=1S/C12H17N3O4S/c1-8-11(13-5-6-19-8)12(16)15-9-3-4-10(14-7-9)20(2,17)18/h3-4,7-8,11,13H,5-6H2,1-2H3,(H,15,16)/t8-,11+/m1/s1. The summed E-state index contributed by atoms with van der Waals surface area (Å²) < 4.78 is 28.0. The topological polar surface area (TPSA) is 97.4 Å². The first kappa shape index (κ1) is 14.9. The highest BCUT2D eigenvalue weighted by molar-refractivity contribution is 7.90. The third kappa shape index (κ3) is 3.53. The Kier molecular flexibility index (Phi) is 4.36. The van der Waals surface area contributed by atoms with Crippen LogP contribution in [0.15, 0.2) is 23.4 Å². The summed E-state index contributed by atoms with van der Waals surface area (Å²) in [6.07, 6.45) is 2.19. The van der Waals surface area contributed by atoms with Crippen LogP contribution < -0.4 is 10.6 Å². The van der Waals surface area contributed by atoms with E-state index in [-0.39, 0.29) is 17.0 Å². The second-order valence-corrected chi connectivity index (χ2v) is 6.62. The van der Waals surface area contributed by atoms with Crippen LogP contribution in [0, 0.1) is 0 Å². The lowest BCUT2D eigenvalue weighted by Gasteiger charge is -2.29. The van der Waals surface area contributed by atoms with Crippen LogP contribution in [-0.4, -0.2) is 50.9 Å².